The standard InChI is InChI=1S/C10H15NO3.ClH/c1-2-7(11)10(14)6-3-4-8(12)9(13)5-6;/h3-5,7,10,12-14H,2,11H2,1H3;1H. The predicted molar refractivity (Wildman–Crippen MR) is 60.2 cm³/mol. The molecule has 1 rings (SSSR count). The van der Waals surface area contributed by atoms with Crippen LogP contribution in [-0.2, 0) is 0 Å². The number of hydrogen-bond acceptors (Lipinski definition) is 4. The fourth-order valence-corrected chi connectivity index (χ4v) is 1.19. The van der Waals surface area contributed by atoms with Gasteiger partial charge < -0.3 is 21.1 Å². The minimum absolute atomic E-state index is 0. The van der Waals surface area contributed by atoms with Crippen LogP contribution in [0.25, 0.3) is 0 Å². The number of phenols is 2. The molecule has 1 aromatic rings. The molecule has 0 saturated carbocycles. The van der Waals surface area contributed by atoms with Crippen molar-refractivity contribution >= 4 is 12.4 Å². The van der Waals surface area contributed by atoms with E-state index in [1.807, 2.05) is 6.92 Å². The van der Waals surface area contributed by atoms with E-state index in [-0.39, 0.29) is 29.9 Å². The van der Waals surface area contributed by atoms with E-state index in [1.165, 1.54) is 18.2 Å². The first-order valence-corrected chi connectivity index (χ1v) is 4.51. The molecule has 0 heterocycles. The van der Waals surface area contributed by atoms with Crippen LogP contribution < -0.4 is 5.73 Å². The molecular weight excluding hydrogens is 218 g/mol. The van der Waals surface area contributed by atoms with Crippen LogP contribution in [0.4, 0.5) is 0 Å². The monoisotopic (exact) mass is 233 g/mol. The topological polar surface area (TPSA) is 86.7 Å². The van der Waals surface area contributed by atoms with E-state index >= 15 is 0 Å². The highest BCUT2D eigenvalue weighted by molar-refractivity contribution is 5.85. The van der Waals surface area contributed by atoms with Crippen LogP contribution in [0.2, 0.25) is 0 Å². The SMILES string of the molecule is CCC(N)C(O)c1ccc(O)c(O)c1.Cl. The maximum Gasteiger partial charge on any atom is 0.157 e. The third-order valence-electron chi connectivity index (χ3n) is 2.22. The number of rotatable bonds is 3. The highest BCUT2D eigenvalue weighted by Crippen LogP contribution is 2.28. The van der Waals surface area contributed by atoms with Gasteiger partial charge in [-0.1, -0.05) is 13.0 Å². The van der Waals surface area contributed by atoms with E-state index in [9.17, 15) is 10.2 Å². The number of halogens is 1. The van der Waals surface area contributed by atoms with Gasteiger partial charge >= 0.3 is 0 Å². The van der Waals surface area contributed by atoms with Crippen LogP contribution in [0, 0.1) is 0 Å². The molecule has 0 saturated heterocycles. The molecule has 5 N–H and O–H groups in total. The Bertz CT molecular complexity index is 320. The number of nitrogens with two attached hydrogens (primary N) is 1. The fraction of sp³-hybridized carbons (Fsp3) is 0.400. The first-order chi connectivity index (χ1) is 6.56. The zero-order valence-corrected chi connectivity index (χ0v) is 9.24. The Hall–Kier alpha value is -0.970. The summed E-state index contributed by atoms with van der Waals surface area (Å²) in [7, 11) is 0. The second kappa shape index (κ2) is 5.80. The summed E-state index contributed by atoms with van der Waals surface area (Å²) in [5.74, 6) is -0.448. The van der Waals surface area contributed by atoms with Gasteiger partial charge in [0.25, 0.3) is 0 Å². The molecule has 2 unspecified atom stereocenters. The first kappa shape index (κ1) is 14.0. The van der Waals surface area contributed by atoms with Gasteiger partial charge in [-0.05, 0) is 24.1 Å². The average Bonchev–Trinajstić information content (AvgIpc) is 2.20. The van der Waals surface area contributed by atoms with E-state index in [1.54, 1.807) is 0 Å². The summed E-state index contributed by atoms with van der Waals surface area (Å²) in [4.78, 5) is 0. The Morgan fingerprint density at radius 3 is 2.33 bits per heavy atom. The smallest absolute Gasteiger partial charge is 0.157 e. The lowest BCUT2D eigenvalue weighted by molar-refractivity contribution is 0.144. The van der Waals surface area contributed by atoms with Crippen LogP contribution in [0.15, 0.2) is 18.2 Å². The highest BCUT2D eigenvalue weighted by Gasteiger charge is 2.16. The summed E-state index contributed by atoms with van der Waals surface area (Å²) in [5, 5.41) is 27.9. The van der Waals surface area contributed by atoms with Crippen LogP contribution in [-0.4, -0.2) is 21.4 Å². The van der Waals surface area contributed by atoms with Crippen LogP contribution >= 0.6 is 12.4 Å². The van der Waals surface area contributed by atoms with Crippen molar-refractivity contribution in [1.29, 1.82) is 0 Å². The third-order valence-corrected chi connectivity index (χ3v) is 2.22. The normalized spacial score (nSPS) is 14.1. The Morgan fingerprint density at radius 1 is 1.27 bits per heavy atom. The van der Waals surface area contributed by atoms with Gasteiger partial charge in [0.05, 0.1) is 6.10 Å². The van der Waals surface area contributed by atoms with E-state index in [2.05, 4.69) is 0 Å². The number of phenolic OH excluding ortho intramolecular Hbond substituents is 2. The van der Waals surface area contributed by atoms with Gasteiger partial charge in [0.15, 0.2) is 11.5 Å². The van der Waals surface area contributed by atoms with Crippen LogP contribution in [0.5, 0.6) is 11.5 Å². The van der Waals surface area contributed by atoms with Gasteiger partial charge in [-0.3, -0.25) is 0 Å². The molecule has 0 bridgehead atoms. The maximum absolute atomic E-state index is 9.69. The summed E-state index contributed by atoms with van der Waals surface area (Å²) in [6.45, 7) is 1.87. The minimum atomic E-state index is -0.813. The van der Waals surface area contributed by atoms with E-state index in [0.717, 1.165) is 0 Å². The molecule has 5 heteroatoms. The molecule has 0 amide bonds. The second-order valence-electron chi connectivity index (χ2n) is 3.27. The van der Waals surface area contributed by atoms with Gasteiger partial charge in [-0.2, -0.15) is 0 Å². The van der Waals surface area contributed by atoms with Crippen molar-refractivity contribution in [3.05, 3.63) is 23.8 Å². The molecule has 0 aliphatic heterocycles. The summed E-state index contributed by atoms with van der Waals surface area (Å²) < 4.78 is 0. The molecule has 0 spiro atoms. The zero-order chi connectivity index (χ0) is 10.7. The van der Waals surface area contributed by atoms with E-state index < -0.39 is 6.10 Å². The second-order valence-corrected chi connectivity index (χ2v) is 3.27. The molecule has 0 aliphatic carbocycles. The Labute approximate surface area is 94.8 Å². The zero-order valence-electron chi connectivity index (χ0n) is 8.42. The van der Waals surface area contributed by atoms with Gasteiger partial charge in [0.1, 0.15) is 0 Å². The number of aliphatic hydroxyl groups excluding tert-OH is 1. The fourth-order valence-electron chi connectivity index (χ4n) is 1.19. The van der Waals surface area contributed by atoms with Crippen molar-refractivity contribution in [2.45, 2.75) is 25.5 Å². The van der Waals surface area contributed by atoms with Gasteiger partial charge in [-0.25, -0.2) is 0 Å². The molecule has 0 aliphatic rings. The van der Waals surface area contributed by atoms with E-state index in [4.69, 9.17) is 10.8 Å². The third kappa shape index (κ3) is 3.27. The van der Waals surface area contributed by atoms with Crippen molar-refractivity contribution < 1.29 is 15.3 Å². The lowest BCUT2D eigenvalue weighted by Gasteiger charge is -2.17. The predicted octanol–water partition coefficient (Wildman–Crippen LogP) is 1.29. The lowest BCUT2D eigenvalue weighted by Crippen LogP contribution is -2.27. The highest BCUT2D eigenvalue weighted by atomic mass is 35.5. The van der Waals surface area contributed by atoms with Gasteiger partial charge in [0.2, 0.25) is 0 Å². The van der Waals surface area contributed by atoms with Crippen molar-refractivity contribution in [2.24, 2.45) is 5.73 Å². The molecule has 86 valence electrons. The Kier molecular flexibility index (Phi) is 5.43. The summed E-state index contributed by atoms with van der Waals surface area (Å²) in [5.41, 5.74) is 6.15. The van der Waals surface area contributed by atoms with E-state index in [0.29, 0.717) is 12.0 Å². The Morgan fingerprint density at radius 2 is 1.87 bits per heavy atom. The number of aromatic hydroxyl groups is 2. The number of aliphatic hydroxyl groups is 1. The lowest BCUT2D eigenvalue weighted by atomic mass is 10.0. The molecule has 2 atom stereocenters. The quantitative estimate of drug-likeness (QED) is 0.593. The molecule has 0 fully saturated rings. The molecule has 0 aromatic heterocycles. The van der Waals surface area contributed by atoms with Crippen LogP contribution in [0.3, 0.4) is 0 Å². The maximum atomic E-state index is 9.69. The molecule has 4 nitrogen and oxygen atoms in total. The van der Waals surface area contributed by atoms with Gasteiger partial charge in [-0.15, -0.1) is 12.4 Å². The largest absolute Gasteiger partial charge is 0.504 e. The number of hydrogen-bond donors (Lipinski definition) is 4. The molecule has 15 heavy (non-hydrogen) atoms. The Balaban J connectivity index is 0.00000196. The van der Waals surface area contributed by atoms with Crippen molar-refractivity contribution in [3.8, 4) is 11.5 Å². The molecule has 0 radical (unpaired) electrons. The first-order valence-electron chi connectivity index (χ1n) is 4.51. The minimum Gasteiger partial charge on any atom is -0.504 e. The number of benzene rings is 1. The summed E-state index contributed by atoms with van der Waals surface area (Å²) >= 11 is 0. The van der Waals surface area contributed by atoms with Crippen molar-refractivity contribution in [2.75, 3.05) is 0 Å². The van der Waals surface area contributed by atoms with Crippen LogP contribution in [0.1, 0.15) is 25.0 Å². The summed E-state index contributed by atoms with van der Waals surface area (Å²) in [6, 6.07) is 3.82. The molecular formula is C10H16ClNO3. The summed E-state index contributed by atoms with van der Waals surface area (Å²) in [6.07, 6.45) is -0.172. The molecule has 1 aromatic carbocycles. The van der Waals surface area contributed by atoms with Gasteiger partial charge in [0, 0.05) is 6.04 Å². The van der Waals surface area contributed by atoms with Crippen molar-refractivity contribution in [1.82, 2.24) is 0 Å². The average molecular weight is 234 g/mol. The van der Waals surface area contributed by atoms with Crippen molar-refractivity contribution in [3.63, 3.8) is 0 Å².